The van der Waals surface area contributed by atoms with E-state index in [4.69, 9.17) is 13.9 Å². The number of hydrogen-bond acceptors (Lipinski definition) is 7. The van der Waals surface area contributed by atoms with Crippen LogP contribution in [0.15, 0.2) is 63.8 Å². The molecule has 174 valence electrons. The van der Waals surface area contributed by atoms with Gasteiger partial charge in [-0.05, 0) is 43.2 Å². The average molecular weight is 462 g/mol. The summed E-state index contributed by atoms with van der Waals surface area (Å²) in [5, 5.41) is 3.62. The molecule has 2 aromatic carbocycles. The number of carbonyl (C=O) groups is 3. The summed E-state index contributed by atoms with van der Waals surface area (Å²) in [6.45, 7) is -0.948. The molecule has 1 N–H and O–H groups in total. The Labute approximate surface area is 194 Å². The maximum Gasteiger partial charge on any atom is 0.344 e. The molecule has 2 heterocycles. The number of nitrogens with one attached hydrogen (secondary N) is 1. The Kier molecular flexibility index (Phi) is 5.53. The van der Waals surface area contributed by atoms with Gasteiger partial charge in [-0.2, -0.15) is 0 Å². The van der Waals surface area contributed by atoms with Crippen molar-refractivity contribution in [2.45, 2.75) is 31.2 Å². The van der Waals surface area contributed by atoms with Crippen LogP contribution in [0.3, 0.4) is 0 Å². The molecule has 2 amide bonds. The van der Waals surface area contributed by atoms with E-state index < -0.39 is 36.3 Å². The molecule has 0 radical (unpaired) electrons. The molecule has 1 fully saturated rings. The van der Waals surface area contributed by atoms with E-state index in [0.29, 0.717) is 40.9 Å². The number of amides is 2. The van der Waals surface area contributed by atoms with Gasteiger partial charge in [0.1, 0.15) is 16.9 Å². The number of carbonyl (C=O) groups excluding carboxylic acids is 3. The Morgan fingerprint density at radius 1 is 1.00 bits per heavy atom. The Balaban J connectivity index is 1.25. The molecule has 5 rings (SSSR count). The van der Waals surface area contributed by atoms with Gasteiger partial charge in [-0.15, -0.1) is 0 Å². The van der Waals surface area contributed by atoms with Gasteiger partial charge in [0.05, 0.1) is 11.4 Å². The van der Waals surface area contributed by atoms with Gasteiger partial charge < -0.3 is 19.2 Å². The van der Waals surface area contributed by atoms with Gasteiger partial charge in [0.15, 0.2) is 13.2 Å². The Morgan fingerprint density at radius 2 is 1.76 bits per heavy atom. The summed E-state index contributed by atoms with van der Waals surface area (Å²) in [6.07, 6.45) is 2.76. The van der Waals surface area contributed by atoms with Gasteiger partial charge in [0, 0.05) is 17.5 Å². The topological polar surface area (TPSA) is 115 Å². The molecule has 0 unspecified atom stereocenters. The molecular formula is C25H22N2O7. The SMILES string of the molecule is O=C(COc1ccc2ccc(=O)oc2c1)OCC(=O)N1c2ccccc2NC(=O)C12CCCC2. The fourth-order valence-corrected chi connectivity index (χ4v) is 4.65. The summed E-state index contributed by atoms with van der Waals surface area (Å²) < 4.78 is 15.7. The van der Waals surface area contributed by atoms with Crippen molar-refractivity contribution >= 4 is 40.1 Å². The monoisotopic (exact) mass is 462 g/mol. The van der Waals surface area contributed by atoms with Crippen molar-refractivity contribution in [1.29, 1.82) is 0 Å². The van der Waals surface area contributed by atoms with Crippen molar-refractivity contribution in [3.63, 3.8) is 0 Å². The van der Waals surface area contributed by atoms with Gasteiger partial charge in [0.2, 0.25) is 0 Å². The maximum atomic E-state index is 13.2. The van der Waals surface area contributed by atoms with E-state index in [-0.39, 0.29) is 5.91 Å². The third kappa shape index (κ3) is 3.89. The van der Waals surface area contributed by atoms with Gasteiger partial charge in [-0.25, -0.2) is 9.59 Å². The first-order valence-corrected chi connectivity index (χ1v) is 11.0. The normalized spacial score (nSPS) is 16.2. The van der Waals surface area contributed by atoms with Crippen LogP contribution in [0.2, 0.25) is 0 Å². The van der Waals surface area contributed by atoms with E-state index in [9.17, 15) is 19.2 Å². The quantitative estimate of drug-likeness (QED) is 0.458. The third-order valence-corrected chi connectivity index (χ3v) is 6.23. The lowest BCUT2D eigenvalue weighted by Crippen LogP contribution is -2.61. The number of anilines is 2. The lowest BCUT2D eigenvalue weighted by Gasteiger charge is -2.44. The molecule has 9 heteroatoms. The van der Waals surface area contributed by atoms with Crippen molar-refractivity contribution in [2.24, 2.45) is 0 Å². The molecule has 9 nitrogen and oxygen atoms in total. The van der Waals surface area contributed by atoms with Crippen molar-refractivity contribution < 1.29 is 28.3 Å². The molecule has 1 aliphatic heterocycles. The summed E-state index contributed by atoms with van der Waals surface area (Å²) in [5.74, 6) is -1.10. The number of fused-ring (bicyclic) bond motifs is 2. The summed E-state index contributed by atoms with van der Waals surface area (Å²) in [5.41, 5.74) is 0.0200. The highest BCUT2D eigenvalue weighted by atomic mass is 16.6. The van der Waals surface area contributed by atoms with E-state index in [0.717, 1.165) is 12.8 Å². The fraction of sp³-hybridized carbons (Fsp3) is 0.280. The number of rotatable bonds is 5. The Hall–Kier alpha value is -4.14. The van der Waals surface area contributed by atoms with Crippen molar-refractivity contribution in [3.8, 4) is 5.75 Å². The second kappa shape index (κ2) is 8.66. The predicted octanol–water partition coefficient (Wildman–Crippen LogP) is 3.01. The average Bonchev–Trinajstić information content (AvgIpc) is 3.32. The molecule has 0 saturated heterocycles. The van der Waals surface area contributed by atoms with Crippen molar-refractivity contribution in [2.75, 3.05) is 23.4 Å². The molecule has 34 heavy (non-hydrogen) atoms. The van der Waals surface area contributed by atoms with Crippen LogP contribution in [0.5, 0.6) is 5.75 Å². The largest absolute Gasteiger partial charge is 0.482 e. The molecule has 3 aromatic rings. The first kappa shape index (κ1) is 21.7. The van der Waals surface area contributed by atoms with Crippen molar-refractivity contribution in [3.05, 3.63) is 65.0 Å². The lowest BCUT2D eigenvalue weighted by molar-refractivity contribution is -0.150. The highest BCUT2D eigenvalue weighted by molar-refractivity contribution is 6.15. The number of ether oxygens (including phenoxy) is 2. The molecule has 0 bridgehead atoms. The maximum absolute atomic E-state index is 13.2. The number of para-hydroxylation sites is 2. The van der Waals surface area contributed by atoms with Crippen LogP contribution in [0.1, 0.15) is 25.7 Å². The highest BCUT2D eigenvalue weighted by Crippen LogP contribution is 2.45. The summed E-state index contributed by atoms with van der Waals surface area (Å²) in [7, 11) is 0. The van der Waals surface area contributed by atoms with Crippen LogP contribution in [0.4, 0.5) is 11.4 Å². The number of esters is 1. The zero-order valence-electron chi connectivity index (χ0n) is 18.2. The first-order chi connectivity index (χ1) is 16.5. The molecule has 2 aliphatic rings. The van der Waals surface area contributed by atoms with Gasteiger partial charge in [0.25, 0.3) is 11.8 Å². The zero-order valence-corrected chi connectivity index (χ0v) is 18.2. The van der Waals surface area contributed by atoms with Crippen LogP contribution in [0, 0.1) is 0 Å². The van der Waals surface area contributed by atoms with E-state index in [2.05, 4.69) is 5.32 Å². The smallest absolute Gasteiger partial charge is 0.344 e. The minimum absolute atomic E-state index is 0.213. The second-order valence-corrected chi connectivity index (χ2v) is 8.34. The number of hydrogen-bond donors (Lipinski definition) is 1. The Morgan fingerprint density at radius 3 is 2.59 bits per heavy atom. The van der Waals surface area contributed by atoms with Crippen LogP contribution >= 0.6 is 0 Å². The van der Waals surface area contributed by atoms with Crippen LogP contribution in [0.25, 0.3) is 11.0 Å². The Bertz CT molecular complexity index is 1340. The van der Waals surface area contributed by atoms with E-state index in [1.165, 1.54) is 17.0 Å². The van der Waals surface area contributed by atoms with E-state index >= 15 is 0 Å². The molecule has 1 aliphatic carbocycles. The summed E-state index contributed by atoms with van der Waals surface area (Å²) in [4.78, 5) is 51.3. The highest BCUT2D eigenvalue weighted by Gasteiger charge is 2.52. The lowest BCUT2D eigenvalue weighted by atomic mass is 9.90. The summed E-state index contributed by atoms with van der Waals surface area (Å²) >= 11 is 0. The fourth-order valence-electron chi connectivity index (χ4n) is 4.65. The van der Waals surface area contributed by atoms with Gasteiger partial charge in [-0.3, -0.25) is 14.5 Å². The van der Waals surface area contributed by atoms with Gasteiger partial charge in [-0.1, -0.05) is 25.0 Å². The molecule has 1 spiro atoms. The van der Waals surface area contributed by atoms with Crippen LogP contribution in [-0.4, -0.2) is 36.5 Å². The minimum atomic E-state index is -0.969. The minimum Gasteiger partial charge on any atom is -0.482 e. The molecular weight excluding hydrogens is 440 g/mol. The van der Waals surface area contributed by atoms with Crippen LogP contribution in [-0.2, 0) is 19.1 Å². The zero-order chi connectivity index (χ0) is 23.7. The van der Waals surface area contributed by atoms with E-state index in [1.807, 2.05) is 0 Å². The number of nitrogens with zero attached hydrogens (tertiary/aromatic N) is 1. The van der Waals surface area contributed by atoms with Crippen LogP contribution < -0.4 is 20.6 Å². The third-order valence-electron chi connectivity index (χ3n) is 6.23. The standard InChI is InChI=1S/C25H22N2O7/c28-21(27-19-6-2-1-5-18(19)26-24(31)25(27)11-3-4-12-25)14-33-23(30)15-32-17-9-7-16-8-10-22(29)34-20(16)13-17/h1-2,5-10,13H,3-4,11-12,14-15H2,(H,26,31). The predicted molar refractivity (Wildman–Crippen MR) is 123 cm³/mol. The molecule has 1 aromatic heterocycles. The van der Waals surface area contributed by atoms with Gasteiger partial charge >= 0.3 is 11.6 Å². The molecule has 0 atom stereocenters. The summed E-state index contributed by atoms with van der Waals surface area (Å²) in [6, 6.07) is 14.9. The molecule has 1 saturated carbocycles. The van der Waals surface area contributed by atoms with Crippen molar-refractivity contribution in [1.82, 2.24) is 0 Å². The first-order valence-electron chi connectivity index (χ1n) is 11.0. The number of benzene rings is 2. The second-order valence-electron chi connectivity index (χ2n) is 8.34. The van der Waals surface area contributed by atoms with E-state index in [1.54, 1.807) is 42.5 Å².